The Balaban J connectivity index is 1.68. The van der Waals surface area contributed by atoms with Crippen molar-refractivity contribution in [3.63, 3.8) is 0 Å². The van der Waals surface area contributed by atoms with Gasteiger partial charge in [-0.15, -0.1) is 0 Å². The molecule has 0 atom stereocenters. The zero-order chi connectivity index (χ0) is 19.2. The number of aryl methyl sites for hydroxylation is 1. The molecule has 1 aromatic carbocycles. The van der Waals surface area contributed by atoms with E-state index < -0.39 is 0 Å². The molecule has 8 nitrogen and oxygen atoms in total. The van der Waals surface area contributed by atoms with Gasteiger partial charge in [0.25, 0.3) is 5.91 Å². The number of carbonyl (C=O) groups is 1. The van der Waals surface area contributed by atoms with Crippen LogP contribution in [-0.2, 0) is 0 Å². The van der Waals surface area contributed by atoms with Gasteiger partial charge in [0.1, 0.15) is 11.5 Å². The third-order valence-electron chi connectivity index (χ3n) is 4.01. The number of rotatable bonds is 7. The lowest BCUT2D eigenvalue weighted by atomic mass is 10.2. The van der Waals surface area contributed by atoms with Gasteiger partial charge < -0.3 is 20.1 Å². The lowest BCUT2D eigenvalue weighted by molar-refractivity contribution is 0.102. The fourth-order valence-corrected chi connectivity index (χ4v) is 2.62. The number of aromatic nitrogens is 3. The maximum absolute atomic E-state index is 12.5. The van der Waals surface area contributed by atoms with E-state index in [1.165, 1.54) is 6.20 Å². The summed E-state index contributed by atoms with van der Waals surface area (Å²) in [6.07, 6.45) is 1.51. The second kappa shape index (κ2) is 8.31. The third kappa shape index (κ3) is 4.60. The number of anilines is 4. The van der Waals surface area contributed by atoms with Gasteiger partial charge >= 0.3 is 0 Å². The maximum Gasteiger partial charge on any atom is 0.274 e. The molecule has 2 aromatic heterocycles. The fraction of sp³-hybridized carbons (Fsp3) is 0.263. The largest absolute Gasteiger partial charge is 0.372 e. The van der Waals surface area contributed by atoms with E-state index in [0.29, 0.717) is 17.3 Å². The molecule has 0 fully saturated rings. The van der Waals surface area contributed by atoms with Gasteiger partial charge in [0, 0.05) is 36.7 Å². The highest BCUT2D eigenvalue weighted by Gasteiger charge is 2.11. The average molecular weight is 366 g/mol. The van der Waals surface area contributed by atoms with Crippen LogP contribution in [0.1, 0.15) is 30.1 Å². The molecule has 0 aliphatic heterocycles. The predicted molar refractivity (Wildman–Crippen MR) is 105 cm³/mol. The van der Waals surface area contributed by atoms with E-state index in [4.69, 9.17) is 4.52 Å². The van der Waals surface area contributed by atoms with Crippen molar-refractivity contribution in [2.75, 3.05) is 28.6 Å². The first-order valence-corrected chi connectivity index (χ1v) is 8.78. The van der Waals surface area contributed by atoms with Crippen LogP contribution in [0, 0.1) is 6.92 Å². The molecule has 8 heteroatoms. The Bertz CT molecular complexity index is 903. The number of carbonyl (C=O) groups excluding carboxylic acids is 1. The molecule has 3 rings (SSSR count). The normalized spacial score (nSPS) is 10.5. The first-order chi connectivity index (χ1) is 13.1. The Kier molecular flexibility index (Phi) is 5.65. The summed E-state index contributed by atoms with van der Waals surface area (Å²) in [6.45, 7) is 7.88. The quantitative estimate of drug-likeness (QED) is 0.659. The van der Waals surface area contributed by atoms with Crippen LogP contribution in [0.25, 0.3) is 0 Å². The van der Waals surface area contributed by atoms with E-state index >= 15 is 0 Å². The maximum atomic E-state index is 12.5. The van der Waals surface area contributed by atoms with E-state index in [1.807, 2.05) is 24.3 Å². The molecular formula is C19H22N6O2. The summed E-state index contributed by atoms with van der Waals surface area (Å²) in [4.78, 5) is 23.0. The summed E-state index contributed by atoms with van der Waals surface area (Å²) in [7, 11) is 0. The van der Waals surface area contributed by atoms with Crippen LogP contribution >= 0.6 is 0 Å². The molecule has 0 unspecified atom stereocenters. The fourth-order valence-electron chi connectivity index (χ4n) is 2.62. The molecule has 27 heavy (non-hydrogen) atoms. The second-order valence-corrected chi connectivity index (χ2v) is 5.89. The molecule has 0 aliphatic carbocycles. The molecule has 0 saturated heterocycles. The minimum Gasteiger partial charge on any atom is -0.372 e. The van der Waals surface area contributed by atoms with Gasteiger partial charge in [-0.2, -0.15) is 0 Å². The smallest absolute Gasteiger partial charge is 0.274 e. The summed E-state index contributed by atoms with van der Waals surface area (Å²) >= 11 is 0. The van der Waals surface area contributed by atoms with Crippen LogP contribution in [0.2, 0.25) is 0 Å². The van der Waals surface area contributed by atoms with E-state index in [2.05, 4.69) is 44.5 Å². The number of nitrogens with zero attached hydrogens (tertiary/aromatic N) is 4. The van der Waals surface area contributed by atoms with Crippen molar-refractivity contribution in [3.8, 4) is 0 Å². The minimum atomic E-state index is -0.313. The monoisotopic (exact) mass is 366 g/mol. The minimum absolute atomic E-state index is 0.250. The molecule has 0 spiro atoms. The highest BCUT2D eigenvalue weighted by molar-refractivity contribution is 6.03. The van der Waals surface area contributed by atoms with Crippen LogP contribution in [0.3, 0.4) is 0 Å². The zero-order valence-corrected chi connectivity index (χ0v) is 15.6. The SMILES string of the molecule is CCN(CC)c1ccc(NC(=O)c2ccnc(Nc3cc(C)on3)n2)cc1. The summed E-state index contributed by atoms with van der Waals surface area (Å²) in [5.74, 6) is 1.11. The van der Waals surface area contributed by atoms with Crippen molar-refractivity contribution in [1.29, 1.82) is 0 Å². The molecule has 0 saturated carbocycles. The lowest BCUT2D eigenvalue weighted by Gasteiger charge is -2.21. The van der Waals surface area contributed by atoms with Crippen molar-refractivity contribution < 1.29 is 9.32 Å². The topological polar surface area (TPSA) is 96.2 Å². The molecule has 0 bridgehead atoms. The van der Waals surface area contributed by atoms with Crippen molar-refractivity contribution in [3.05, 3.63) is 54.0 Å². The van der Waals surface area contributed by atoms with Gasteiger partial charge in [0.05, 0.1) is 0 Å². The molecule has 2 heterocycles. The van der Waals surface area contributed by atoms with Gasteiger partial charge in [-0.1, -0.05) is 5.16 Å². The van der Waals surface area contributed by atoms with Crippen LogP contribution < -0.4 is 15.5 Å². The Morgan fingerprint density at radius 1 is 1.15 bits per heavy atom. The summed E-state index contributed by atoms with van der Waals surface area (Å²) < 4.78 is 4.99. The first kappa shape index (κ1) is 18.4. The highest BCUT2D eigenvalue weighted by Crippen LogP contribution is 2.18. The molecular weight excluding hydrogens is 344 g/mol. The standard InChI is InChI=1S/C19H22N6O2/c1-4-25(5-2)15-8-6-14(7-9-15)21-18(26)16-10-11-20-19(22-16)23-17-12-13(3)27-24-17/h6-12H,4-5H2,1-3H3,(H,21,26)(H,20,22,23,24). The molecule has 140 valence electrons. The van der Waals surface area contributed by atoms with Crippen molar-refractivity contribution >= 4 is 29.0 Å². The van der Waals surface area contributed by atoms with E-state index in [9.17, 15) is 4.79 Å². The summed E-state index contributed by atoms with van der Waals surface area (Å²) in [5.41, 5.74) is 2.08. The van der Waals surface area contributed by atoms with Gasteiger partial charge in [-0.3, -0.25) is 4.79 Å². The molecule has 1 amide bonds. The molecule has 0 aliphatic rings. The lowest BCUT2D eigenvalue weighted by Crippen LogP contribution is -2.21. The van der Waals surface area contributed by atoms with Gasteiger partial charge in [-0.25, -0.2) is 9.97 Å². The number of hydrogen-bond donors (Lipinski definition) is 2. The van der Waals surface area contributed by atoms with Gasteiger partial charge in [-0.05, 0) is 51.1 Å². The second-order valence-electron chi connectivity index (χ2n) is 5.89. The van der Waals surface area contributed by atoms with Gasteiger partial charge in [0.2, 0.25) is 5.95 Å². The van der Waals surface area contributed by atoms with Crippen LogP contribution in [0.15, 0.2) is 47.1 Å². The van der Waals surface area contributed by atoms with Crippen LogP contribution in [-0.4, -0.2) is 34.1 Å². The van der Waals surface area contributed by atoms with Crippen LogP contribution in [0.5, 0.6) is 0 Å². The first-order valence-electron chi connectivity index (χ1n) is 8.78. The predicted octanol–water partition coefficient (Wildman–Crippen LogP) is 3.62. The van der Waals surface area contributed by atoms with E-state index in [0.717, 1.165) is 18.8 Å². The van der Waals surface area contributed by atoms with E-state index in [-0.39, 0.29) is 17.5 Å². The summed E-state index contributed by atoms with van der Waals surface area (Å²) in [5, 5.41) is 9.57. The van der Waals surface area contributed by atoms with Crippen molar-refractivity contribution in [1.82, 2.24) is 15.1 Å². The van der Waals surface area contributed by atoms with Gasteiger partial charge in [0.15, 0.2) is 5.82 Å². The molecule has 3 aromatic rings. The molecule has 0 radical (unpaired) electrons. The zero-order valence-electron chi connectivity index (χ0n) is 15.6. The number of amides is 1. The van der Waals surface area contributed by atoms with Crippen molar-refractivity contribution in [2.24, 2.45) is 0 Å². The Hall–Kier alpha value is -3.42. The third-order valence-corrected chi connectivity index (χ3v) is 4.01. The van der Waals surface area contributed by atoms with Crippen LogP contribution in [0.4, 0.5) is 23.1 Å². The number of hydrogen-bond acceptors (Lipinski definition) is 7. The highest BCUT2D eigenvalue weighted by atomic mass is 16.5. The average Bonchev–Trinajstić information content (AvgIpc) is 3.09. The van der Waals surface area contributed by atoms with E-state index in [1.54, 1.807) is 19.1 Å². The number of nitrogens with one attached hydrogen (secondary N) is 2. The Morgan fingerprint density at radius 3 is 2.52 bits per heavy atom. The number of benzene rings is 1. The Morgan fingerprint density at radius 2 is 1.89 bits per heavy atom. The molecule has 2 N–H and O–H groups in total. The summed E-state index contributed by atoms with van der Waals surface area (Å²) in [6, 6.07) is 11.0. The van der Waals surface area contributed by atoms with Crippen molar-refractivity contribution in [2.45, 2.75) is 20.8 Å². The Labute approximate surface area is 157 Å².